The summed E-state index contributed by atoms with van der Waals surface area (Å²) in [5.74, 6) is 1.93. The van der Waals surface area contributed by atoms with Gasteiger partial charge in [0.25, 0.3) is 0 Å². The molecular weight excluding hydrogens is 739 g/mol. The summed E-state index contributed by atoms with van der Waals surface area (Å²) in [6, 6.07) is 84.5. The summed E-state index contributed by atoms with van der Waals surface area (Å²) >= 11 is 0. The highest BCUT2D eigenvalue weighted by Gasteiger charge is 2.46. The Kier molecular flexibility index (Phi) is 9.05. The Balaban J connectivity index is 1.03. The fraction of sp³-hybridized carbons (Fsp3) is 0.0172. The van der Waals surface area contributed by atoms with Crippen LogP contribution in [0.25, 0.3) is 78.7 Å². The van der Waals surface area contributed by atoms with E-state index in [0.29, 0.717) is 17.5 Å². The largest absolute Gasteiger partial charge is 0.208 e. The molecule has 0 saturated carbocycles. The first-order valence-corrected chi connectivity index (χ1v) is 20.8. The molecule has 0 unspecified atom stereocenters. The Bertz CT molecular complexity index is 3070. The maximum Gasteiger partial charge on any atom is 0.164 e. The van der Waals surface area contributed by atoms with E-state index in [1.165, 1.54) is 50.1 Å². The zero-order valence-electron chi connectivity index (χ0n) is 33.4. The van der Waals surface area contributed by atoms with E-state index in [-0.39, 0.29) is 0 Å². The van der Waals surface area contributed by atoms with Crippen molar-refractivity contribution in [2.75, 3.05) is 0 Å². The normalized spacial score (nSPS) is 12.4. The zero-order chi connectivity index (χ0) is 40.6. The number of aromatic nitrogens is 3. The molecule has 0 bridgehead atoms. The summed E-state index contributed by atoms with van der Waals surface area (Å²) in [7, 11) is 0. The first kappa shape index (κ1) is 36.1. The average Bonchev–Trinajstić information content (AvgIpc) is 3.65. The average molecular weight is 778 g/mol. The molecule has 1 aromatic heterocycles. The first-order valence-electron chi connectivity index (χ1n) is 20.8. The van der Waals surface area contributed by atoms with Gasteiger partial charge in [-0.05, 0) is 91.0 Å². The van der Waals surface area contributed by atoms with Crippen molar-refractivity contribution in [1.82, 2.24) is 15.0 Å². The van der Waals surface area contributed by atoms with Gasteiger partial charge >= 0.3 is 0 Å². The smallest absolute Gasteiger partial charge is 0.164 e. The van der Waals surface area contributed by atoms with E-state index in [0.717, 1.165) is 33.4 Å². The van der Waals surface area contributed by atoms with Gasteiger partial charge in [0.15, 0.2) is 17.5 Å². The summed E-state index contributed by atoms with van der Waals surface area (Å²) in [6.07, 6.45) is 0. The highest BCUT2D eigenvalue weighted by molar-refractivity contribution is 5.91. The Labute approximate surface area is 356 Å². The van der Waals surface area contributed by atoms with E-state index in [4.69, 9.17) is 15.0 Å². The van der Waals surface area contributed by atoms with Gasteiger partial charge in [0.05, 0.1) is 5.41 Å². The Hall–Kier alpha value is -8.01. The third kappa shape index (κ3) is 6.44. The Morgan fingerprint density at radius 2 is 0.541 bits per heavy atom. The van der Waals surface area contributed by atoms with Crippen LogP contribution in [-0.4, -0.2) is 15.0 Å². The molecular formula is C58H39N3. The predicted molar refractivity (Wildman–Crippen MR) is 250 cm³/mol. The summed E-state index contributed by atoms with van der Waals surface area (Å²) in [5.41, 5.74) is 16.9. The maximum atomic E-state index is 5.01. The minimum atomic E-state index is -0.473. The van der Waals surface area contributed by atoms with Crippen molar-refractivity contribution in [2.45, 2.75) is 5.41 Å². The van der Waals surface area contributed by atoms with Crippen LogP contribution >= 0.6 is 0 Å². The highest BCUT2D eigenvalue weighted by atomic mass is 15.0. The molecule has 0 aliphatic heterocycles. The molecule has 3 heteroatoms. The van der Waals surface area contributed by atoms with Crippen molar-refractivity contribution in [1.29, 1.82) is 0 Å². The van der Waals surface area contributed by atoms with Crippen molar-refractivity contribution in [3.05, 3.63) is 259 Å². The molecule has 1 heterocycles. The predicted octanol–water partition coefficient (Wildman–Crippen LogP) is 14.2. The lowest BCUT2D eigenvalue weighted by atomic mass is 9.67. The lowest BCUT2D eigenvalue weighted by Gasteiger charge is -2.34. The second-order valence-electron chi connectivity index (χ2n) is 15.6. The van der Waals surface area contributed by atoms with Gasteiger partial charge in [0.1, 0.15) is 0 Å². The van der Waals surface area contributed by atoms with Crippen LogP contribution in [0.3, 0.4) is 0 Å². The molecule has 0 amide bonds. The van der Waals surface area contributed by atoms with Gasteiger partial charge in [-0.25, -0.2) is 15.0 Å². The molecule has 61 heavy (non-hydrogen) atoms. The molecule has 0 saturated heterocycles. The molecule has 0 fully saturated rings. The molecule has 0 N–H and O–H groups in total. The standard InChI is InChI=1S/C58H39N3/c1-6-18-40(19-7-1)46-32-34-53-51(38-46)52-39-47(33-35-54(52)58(53,49-28-12-4-13-29-49)50-30-14-5-15-31-50)44-25-16-24-43(36-44)45-26-17-27-48(37-45)57-60-55(41-20-8-2-9-21-41)59-56(61-57)42-22-10-3-11-23-42/h1-39H. The van der Waals surface area contributed by atoms with Gasteiger partial charge in [0.2, 0.25) is 0 Å². The van der Waals surface area contributed by atoms with E-state index in [9.17, 15) is 0 Å². The lowest BCUT2D eigenvalue weighted by Crippen LogP contribution is -2.28. The fourth-order valence-corrected chi connectivity index (χ4v) is 9.14. The third-order valence-corrected chi connectivity index (χ3v) is 12.0. The fourth-order valence-electron chi connectivity index (χ4n) is 9.14. The first-order chi connectivity index (χ1) is 30.2. The number of nitrogens with zero attached hydrogens (tertiary/aromatic N) is 3. The van der Waals surface area contributed by atoms with Gasteiger partial charge in [-0.15, -0.1) is 0 Å². The minimum Gasteiger partial charge on any atom is -0.208 e. The summed E-state index contributed by atoms with van der Waals surface area (Å²) in [5, 5.41) is 0. The van der Waals surface area contributed by atoms with Crippen LogP contribution < -0.4 is 0 Å². The molecule has 1 aliphatic carbocycles. The van der Waals surface area contributed by atoms with Crippen LogP contribution in [0.1, 0.15) is 22.3 Å². The molecule has 3 nitrogen and oxygen atoms in total. The highest BCUT2D eigenvalue weighted by Crippen LogP contribution is 2.57. The summed E-state index contributed by atoms with van der Waals surface area (Å²) < 4.78 is 0. The third-order valence-electron chi connectivity index (χ3n) is 12.0. The Morgan fingerprint density at radius 1 is 0.230 bits per heavy atom. The zero-order valence-corrected chi connectivity index (χ0v) is 33.4. The van der Waals surface area contributed by atoms with Crippen LogP contribution in [0.2, 0.25) is 0 Å². The number of hydrogen-bond donors (Lipinski definition) is 0. The number of benzene rings is 9. The minimum absolute atomic E-state index is 0.473. The van der Waals surface area contributed by atoms with Crippen molar-refractivity contribution in [3.8, 4) is 78.7 Å². The van der Waals surface area contributed by atoms with Gasteiger partial charge < -0.3 is 0 Å². The number of hydrogen-bond acceptors (Lipinski definition) is 3. The Morgan fingerprint density at radius 3 is 0.984 bits per heavy atom. The maximum absolute atomic E-state index is 5.01. The van der Waals surface area contributed by atoms with Crippen LogP contribution in [0.15, 0.2) is 237 Å². The van der Waals surface area contributed by atoms with Crippen molar-refractivity contribution in [3.63, 3.8) is 0 Å². The molecule has 0 radical (unpaired) electrons. The quantitative estimate of drug-likeness (QED) is 0.154. The lowest BCUT2D eigenvalue weighted by molar-refractivity contribution is 0.768. The van der Waals surface area contributed by atoms with Crippen LogP contribution in [-0.2, 0) is 5.41 Å². The van der Waals surface area contributed by atoms with E-state index >= 15 is 0 Å². The van der Waals surface area contributed by atoms with E-state index in [1.807, 2.05) is 60.7 Å². The molecule has 11 rings (SSSR count). The van der Waals surface area contributed by atoms with Crippen molar-refractivity contribution in [2.24, 2.45) is 0 Å². The van der Waals surface area contributed by atoms with Crippen molar-refractivity contribution >= 4 is 0 Å². The van der Waals surface area contributed by atoms with Gasteiger partial charge in [-0.3, -0.25) is 0 Å². The molecule has 1 aliphatic rings. The van der Waals surface area contributed by atoms with E-state index in [2.05, 4.69) is 176 Å². The van der Waals surface area contributed by atoms with Crippen LogP contribution in [0.5, 0.6) is 0 Å². The topological polar surface area (TPSA) is 38.7 Å². The van der Waals surface area contributed by atoms with Gasteiger partial charge in [0, 0.05) is 16.7 Å². The monoisotopic (exact) mass is 777 g/mol. The molecule has 0 atom stereocenters. The summed E-state index contributed by atoms with van der Waals surface area (Å²) in [4.78, 5) is 14.9. The van der Waals surface area contributed by atoms with E-state index < -0.39 is 5.41 Å². The molecule has 0 spiro atoms. The van der Waals surface area contributed by atoms with Crippen LogP contribution in [0.4, 0.5) is 0 Å². The van der Waals surface area contributed by atoms with Gasteiger partial charge in [-0.2, -0.15) is 0 Å². The number of rotatable bonds is 8. The van der Waals surface area contributed by atoms with Gasteiger partial charge in [-0.1, -0.05) is 212 Å². The molecule has 9 aromatic carbocycles. The second kappa shape index (κ2) is 15.3. The van der Waals surface area contributed by atoms with Crippen molar-refractivity contribution < 1.29 is 0 Å². The summed E-state index contributed by atoms with van der Waals surface area (Å²) in [6.45, 7) is 0. The molecule has 10 aromatic rings. The van der Waals surface area contributed by atoms with E-state index in [1.54, 1.807) is 0 Å². The second-order valence-corrected chi connectivity index (χ2v) is 15.6. The SMILES string of the molecule is c1ccc(-c2ccc3c(c2)-c2cc(-c4cccc(-c5cccc(-c6nc(-c7ccccc7)nc(-c7ccccc7)n6)c5)c4)ccc2C3(c2ccccc2)c2ccccc2)cc1. The molecule has 286 valence electrons. The number of fused-ring (bicyclic) bond motifs is 3. The van der Waals surface area contributed by atoms with Crippen LogP contribution in [0, 0.1) is 0 Å².